The average Bonchev–Trinajstić information content (AvgIpc) is 3.49. The van der Waals surface area contributed by atoms with Crippen LogP contribution in [0.25, 0.3) is 0 Å². The van der Waals surface area contributed by atoms with E-state index in [0.717, 1.165) is 13.1 Å². The summed E-state index contributed by atoms with van der Waals surface area (Å²) in [6.07, 6.45) is 3.59. The molecule has 8 heteroatoms. The molecule has 1 aliphatic rings. The Morgan fingerprint density at radius 3 is 1.17 bits per heavy atom. The van der Waals surface area contributed by atoms with Crippen LogP contribution in [0.4, 0.5) is 11.4 Å². The summed E-state index contributed by atoms with van der Waals surface area (Å²) >= 11 is 9.53. The molecule has 6 rings (SSSR count). The van der Waals surface area contributed by atoms with Crippen LogP contribution in [0.2, 0.25) is 0 Å². The molecule has 256 valence electrons. The molecule has 0 bridgehead atoms. The van der Waals surface area contributed by atoms with Crippen molar-refractivity contribution in [3.8, 4) is 0 Å². The van der Waals surface area contributed by atoms with Gasteiger partial charge in [-0.15, -0.1) is 23.2 Å². The number of aryl methyl sites for hydroxylation is 6. The third kappa shape index (κ3) is 19.4. The van der Waals surface area contributed by atoms with Gasteiger partial charge in [-0.05, 0) is 41.5 Å². The standard InChI is InChI=1S/C21H26N2.3C6H5.CH2Cl2.2ClH.Pd.Sb/c1-14-9-16(3)20(17(4)10-14)22-7-8-23(13-22)21-18(5)11-15(2)12-19(21)6;3*1-2-4-6-5-3-1;2-1-3;;;;/h9-12H,7-8H2,1-6H3;3*1-5H;1H2;2*1H;;/q;3*-1;;;;+2;+3/p-2. The fourth-order valence-electron chi connectivity index (χ4n) is 4.99. The fourth-order valence-corrected chi connectivity index (χ4v) is 4.99. The van der Waals surface area contributed by atoms with Crippen LogP contribution in [0.1, 0.15) is 33.4 Å². The van der Waals surface area contributed by atoms with E-state index < -0.39 is 0 Å². The Kier molecular flexibility index (Phi) is 31.7. The van der Waals surface area contributed by atoms with Crippen LogP contribution in [0.5, 0.6) is 0 Å². The Bertz CT molecular complexity index is 1320. The maximum atomic E-state index is 4.76. The van der Waals surface area contributed by atoms with Crippen molar-refractivity contribution >= 4 is 65.3 Å². The SMILES string of the molecule is Cc1cc(C)c(N2[C-]=[N+](c3c(C)cc(C)cc3C)CC2)c(C)c1.ClCCl.[Cl-].[Cl-].[Pd+2].[Sb+3].[c-]1ccccc1.[c-]1ccccc1.[c-]1ccccc1. The Hall–Kier alpha value is -1.79. The van der Waals surface area contributed by atoms with E-state index in [9.17, 15) is 0 Å². The van der Waals surface area contributed by atoms with E-state index >= 15 is 0 Å². The first-order chi connectivity index (χ1) is 21.3. The van der Waals surface area contributed by atoms with E-state index in [1.165, 1.54) is 44.8 Å². The second-order valence-corrected chi connectivity index (χ2v) is 11.0. The zero-order chi connectivity index (χ0) is 32.2. The summed E-state index contributed by atoms with van der Waals surface area (Å²) < 4.78 is 2.28. The minimum atomic E-state index is 0. The van der Waals surface area contributed by atoms with Gasteiger partial charge in [-0.1, -0.05) is 57.6 Å². The van der Waals surface area contributed by atoms with E-state index in [-0.39, 0.29) is 75.0 Å². The Balaban J connectivity index is -0.000000663. The van der Waals surface area contributed by atoms with E-state index in [4.69, 9.17) is 23.2 Å². The fraction of sp³-hybridized carbons (Fsp3) is 0.225. The second kappa shape index (κ2) is 30.1. The molecule has 2 radical (unpaired) electrons. The molecule has 1 aliphatic heterocycles. The van der Waals surface area contributed by atoms with Gasteiger partial charge in [0.2, 0.25) is 6.34 Å². The summed E-state index contributed by atoms with van der Waals surface area (Å²) in [5.74, 6) is 0. The van der Waals surface area contributed by atoms with Crippen molar-refractivity contribution in [2.75, 3.05) is 23.3 Å². The Morgan fingerprint density at radius 1 is 0.583 bits per heavy atom. The molecule has 0 atom stereocenters. The molecule has 5 aromatic rings. The maximum Gasteiger partial charge on any atom is 3.00 e. The largest absolute Gasteiger partial charge is 3.00 e. The number of halogens is 4. The molecule has 1 heterocycles. The first kappa shape index (κ1) is 50.6. The number of anilines is 1. The van der Waals surface area contributed by atoms with Gasteiger partial charge in [-0.25, -0.2) is 0 Å². The molecule has 48 heavy (non-hydrogen) atoms. The van der Waals surface area contributed by atoms with Crippen LogP contribution in [-0.2, 0) is 20.4 Å². The topological polar surface area (TPSA) is 6.25 Å². The van der Waals surface area contributed by atoms with Gasteiger partial charge in [-0.2, -0.15) is 109 Å². The van der Waals surface area contributed by atoms with Crippen LogP contribution in [0.15, 0.2) is 115 Å². The summed E-state index contributed by atoms with van der Waals surface area (Å²) in [7, 11) is 0. The molecule has 0 fully saturated rings. The summed E-state index contributed by atoms with van der Waals surface area (Å²) in [4.78, 5) is 2.28. The molecule has 2 nitrogen and oxygen atoms in total. The van der Waals surface area contributed by atoms with Crippen molar-refractivity contribution in [3.63, 3.8) is 0 Å². The quantitative estimate of drug-likeness (QED) is 0.112. The molecule has 0 amide bonds. The summed E-state index contributed by atoms with van der Waals surface area (Å²) in [6, 6.07) is 46.5. The van der Waals surface area contributed by atoms with Gasteiger partial charge in [0.1, 0.15) is 13.1 Å². The predicted octanol–water partition coefficient (Wildman–Crippen LogP) is 4.11. The first-order valence-corrected chi connectivity index (χ1v) is 15.7. The molecular formula is C40H43Cl4N2PdSb. The Morgan fingerprint density at radius 2 is 0.896 bits per heavy atom. The summed E-state index contributed by atoms with van der Waals surface area (Å²) in [5, 5.41) is 0.194. The minimum Gasteiger partial charge on any atom is -1.00 e. The van der Waals surface area contributed by atoms with Crippen molar-refractivity contribution in [2.24, 2.45) is 0 Å². The predicted molar refractivity (Wildman–Crippen MR) is 197 cm³/mol. The van der Waals surface area contributed by atoms with Gasteiger partial charge in [0, 0.05) is 11.4 Å². The number of hydrogen-bond acceptors (Lipinski definition) is 1. The van der Waals surface area contributed by atoms with Gasteiger partial charge in [0.15, 0.2) is 0 Å². The number of rotatable bonds is 2. The van der Waals surface area contributed by atoms with Gasteiger partial charge in [0.05, 0.1) is 5.34 Å². The van der Waals surface area contributed by atoms with E-state index in [1.54, 1.807) is 0 Å². The van der Waals surface area contributed by atoms with Crippen LogP contribution in [-0.4, -0.2) is 53.8 Å². The van der Waals surface area contributed by atoms with Crippen LogP contribution < -0.4 is 29.7 Å². The molecule has 0 spiro atoms. The molecule has 0 N–H and O–H groups in total. The van der Waals surface area contributed by atoms with Gasteiger partial charge in [-0.3, -0.25) is 0 Å². The molecule has 0 unspecified atom stereocenters. The van der Waals surface area contributed by atoms with Crippen LogP contribution in [0.3, 0.4) is 0 Å². The third-order valence-electron chi connectivity index (χ3n) is 6.42. The van der Waals surface area contributed by atoms with Gasteiger partial charge < -0.3 is 34.3 Å². The molecule has 0 aromatic heterocycles. The van der Waals surface area contributed by atoms with Crippen molar-refractivity contribution in [1.82, 2.24) is 0 Å². The first-order valence-electron chi connectivity index (χ1n) is 14.6. The molecule has 0 aliphatic carbocycles. The van der Waals surface area contributed by atoms with Crippen molar-refractivity contribution in [3.05, 3.63) is 167 Å². The van der Waals surface area contributed by atoms with Crippen molar-refractivity contribution in [2.45, 2.75) is 41.5 Å². The Labute approximate surface area is 343 Å². The van der Waals surface area contributed by atoms with E-state index in [0.29, 0.717) is 0 Å². The molecule has 5 aromatic carbocycles. The number of nitrogens with zero attached hydrogens (tertiary/aromatic N) is 2. The average molecular weight is 922 g/mol. The zero-order valence-corrected chi connectivity index (χ0v) is 35.4. The number of benzene rings is 5. The van der Waals surface area contributed by atoms with E-state index in [2.05, 4.69) is 99.8 Å². The number of hydrogen-bond donors (Lipinski definition) is 0. The van der Waals surface area contributed by atoms with Crippen LogP contribution in [0, 0.1) is 59.7 Å². The smallest absolute Gasteiger partial charge is 1.00 e. The molecule has 0 saturated heterocycles. The maximum absolute atomic E-state index is 4.76. The second-order valence-electron chi connectivity index (χ2n) is 10.2. The third-order valence-corrected chi connectivity index (χ3v) is 6.42. The number of alkyl halides is 2. The minimum absolute atomic E-state index is 0. The van der Waals surface area contributed by atoms with Crippen LogP contribution >= 0.6 is 23.2 Å². The summed E-state index contributed by atoms with van der Waals surface area (Å²) in [5.41, 5.74) is 10.6. The monoisotopic (exact) mass is 918 g/mol. The van der Waals surface area contributed by atoms with Crippen molar-refractivity contribution < 1.29 is 49.8 Å². The normalized spacial score (nSPS) is 10.2. The molecular weight excluding hydrogens is 878 g/mol. The summed E-state index contributed by atoms with van der Waals surface area (Å²) in [6.45, 7) is 15.1. The van der Waals surface area contributed by atoms with Crippen molar-refractivity contribution in [1.29, 1.82) is 0 Å². The zero-order valence-electron chi connectivity index (χ0n) is 28.3. The van der Waals surface area contributed by atoms with Gasteiger partial charge in [0.25, 0.3) is 0 Å². The molecule has 0 saturated carbocycles. The van der Waals surface area contributed by atoms with Gasteiger partial charge >= 0.3 is 44.9 Å². The van der Waals surface area contributed by atoms with E-state index in [1.807, 2.05) is 91.0 Å².